The summed E-state index contributed by atoms with van der Waals surface area (Å²) in [6.07, 6.45) is 1.81. The first-order chi connectivity index (χ1) is 8.61. The summed E-state index contributed by atoms with van der Waals surface area (Å²) in [5, 5.41) is 3.42. The van der Waals surface area contributed by atoms with Crippen molar-refractivity contribution >= 4 is 17.5 Å². The van der Waals surface area contributed by atoms with Gasteiger partial charge >= 0.3 is 6.01 Å². The molecule has 0 aromatic carbocycles. The smallest absolute Gasteiger partial charge is 0.322 e. The minimum Gasteiger partial charge on any atom is -0.464 e. The summed E-state index contributed by atoms with van der Waals surface area (Å²) in [6, 6.07) is 0.246. The van der Waals surface area contributed by atoms with E-state index in [4.69, 9.17) is 21.1 Å². The number of nitrogens with zero attached hydrogens (tertiary/aromatic N) is 3. The van der Waals surface area contributed by atoms with Gasteiger partial charge in [-0.15, -0.1) is 0 Å². The van der Waals surface area contributed by atoms with Gasteiger partial charge in [-0.1, -0.05) is 0 Å². The van der Waals surface area contributed by atoms with Crippen LogP contribution in [0.5, 0.6) is 6.01 Å². The molecule has 1 saturated heterocycles. The van der Waals surface area contributed by atoms with Crippen LogP contribution in [0.15, 0.2) is 0 Å². The fourth-order valence-corrected chi connectivity index (χ4v) is 1.95. The van der Waals surface area contributed by atoms with Crippen molar-refractivity contribution in [2.45, 2.75) is 32.2 Å². The molecule has 100 valence electrons. The van der Waals surface area contributed by atoms with E-state index in [1.807, 2.05) is 6.92 Å². The molecule has 1 aromatic rings. The minimum absolute atomic E-state index is 0.0770. The summed E-state index contributed by atoms with van der Waals surface area (Å²) in [5.41, 5.74) is -0.0770. The van der Waals surface area contributed by atoms with Gasteiger partial charge in [0.25, 0.3) is 0 Å². The highest BCUT2D eigenvalue weighted by atomic mass is 35.5. The molecule has 6 nitrogen and oxygen atoms in total. The molecule has 1 aliphatic rings. The number of halogens is 1. The first-order valence-corrected chi connectivity index (χ1v) is 6.39. The maximum absolute atomic E-state index is 5.84. The molecule has 2 heterocycles. The van der Waals surface area contributed by atoms with Crippen LogP contribution in [0.3, 0.4) is 0 Å². The van der Waals surface area contributed by atoms with Crippen molar-refractivity contribution in [1.29, 1.82) is 0 Å². The number of nitrogens with one attached hydrogen (secondary N) is 1. The van der Waals surface area contributed by atoms with Crippen molar-refractivity contribution in [2.24, 2.45) is 0 Å². The second-order valence-corrected chi connectivity index (χ2v) is 4.78. The molecular formula is C11H17ClN4O2. The third kappa shape index (κ3) is 3.43. The number of hydrogen-bond donors (Lipinski definition) is 1. The third-order valence-electron chi connectivity index (χ3n) is 2.87. The average Bonchev–Trinajstić information content (AvgIpc) is 2.28. The van der Waals surface area contributed by atoms with Crippen molar-refractivity contribution in [1.82, 2.24) is 15.0 Å². The van der Waals surface area contributed by atoms with Crippen LogP contribution in [0.2, 0.25) is 5.28 Å². The van der Waals surface area contributed by atoms with E-state index in [0.29, 0.717) is 12.6 Å². The fourth-order valence-electron chi connectivity index (χ4n) is 1.80. The zero-order chi connectivity index (χ0) is 13.0. The molecule has 18 heavy (non-hydrogen) atoms. The van der Waals surface area contributed by atoms with Gasteiger partial charge in [0.05, 0.1) is 6.61 Å². The number of hydrogen-bond acceptors (Lipinski definition) is 6. The Hall–Kier alpha value is -1.14. The van der Waals surface area contributed by atoms with Crippen molar-refractivity contribution in [3.8, 4) is 6.01 Å². The molecule has 0 saturated carbocycles. The van der Waals surface area contributed by atoms with Crippen molar-refractivity contribution in [3.63, 3.8) is 0 Å². The van der Waals surface area contributed by atoms with Crippen LogP contribution in [0.25, 0.3) is 0 Å². The maximum Gasteiger partial charge on any atom is 0.322 e. The summed E-state index contributed by atoms with van der Waals surface area (Å²) in [6.45, 7) is 5.95. The standard InChI is InChI=1S/C11H17ClN4O2/c1-3-18-10-14-8(12)13-9(15-10)16-11(2)4-6-17-7-5-11/h3-7H2,1-2H3,(H,13,14,15,16). The van der Waals surface area contributed by atoms with Crippen LogP contribution in [0, 0.1) is 0 Å². The molecule has 0 radical (unpaired) electrons. The largest absolute Gasteiger partial charge is 0.464 e. The number of anilines is 1. The summed E-state index contributed by atoms with van der Waals surface area (Å²) >= 11 is 5.84. The van der Waals surface area contributed by atoms with Gasteiger partial charge in [0, 0.05) is 18.8 Å². The van der Waals surface area contributed by atoms with E-state index in [0.717, 1.165) is 26.1 Å². The molecule has 1 N–H and O–H groups in total. The maximum atomic E-state index is 5.84. The summed E-state index contributed by atoms with van der Waals surface area (Å²) in [7, 11) is 0. The molecule has 7 heteroatoms. The molecule has 0 bridgehead atoms. The van der Waals surface area contributed by atoms with Gasteiger partial charge in [-0.3, -0.25) is 0 Å². The van der Waals surface area contributed by atoms with Gasteiger partial charge in [-0.2, -0.15) is 15.0 Å². The van der Waals surface area contributed by atoms with Gasteiger partial charge in [0.1, 0.15) is 0 Å². The molecule has 1 aromatic heterocycles. The Morgan fingerprint density at radius 1 is 1.33 bits per heavy atom. The van der Waals surface area contributed by atoms with E-state index < -0.39 is 0 Å². The Labute approximate surface area is 111 Å². The highest BCUT2D eigenvalue weighted by Crippen LogP contribution is 2.24. The van der Waals surface area contributed by atoms with Crippen LogP contribution >= 0.6 is 11.6 Å². The summed E-state index contributed by atoms with van der Waals surface area (Å²) < 4.78 is 10.6. The van der Waals surface area contributed by atoms with Crippen LogP contribution < -0.4 is 10.1 Å². The highest BCUT2D eigenvalue weighted by Gasteiger charge is 2.28. The molecule has 0 amide bonds. The number of aromatic nitrogens is 3. The molecular weight excluding hydrogens is 256 g/mol. The van der Waals surface area contributed by atoms with Crippen molar-refractivity contribution in [2.75, 3.05) is 25.1 Å². The normalized spacial score (nSPS) is 18.4. The number of ether oxygens (including phenoxy) is 2. The zero-order valence-corrected chi connectivity index (χ0v) is 11.3. The minimum atomic E-state index is -0.0770. The van der Waals surface area contributed by atoms with Crippen LogP contribution in [-0.2, 0) is 4.74 Å². The monoisotopic (exact) mass is 272 g/mol. The van der Waals surface area contributed by atoms with E-state index in [2.05, 4.69) is 27.2 Å². The third-order valence-corrected chi connectivity index (χ3v) is 3.04. The molecule has 0 unspecified atom stereocenters. The quantitative estimate of drug-likeness (QED) is 0.903. The molecule has 2 rings (SSSR count). The number of rotatable bonds is 4. The molecule has 0 aliphatic carbocycles. The van der Waals surface area contributed by atoms with Gasteiger partial charge in [-0.25, -0.2) is 0 Å². The lowest BCUT2D eigenvalue weighted by Crippen LogP contribution is -2.41. The van der Waals surface area contributed by atoms with Gasteiger partial charge in [0.15, 0.2) is 0 Å². The first kappa shape index (κ1) is 13.3. The second kappa shape index (κ2) is 5.67. The Bertz CT molecular complexity index is 410. The molecule has 0 atom stereocenters. The second-order valence-electron chi connectivity index (χ2n) is 4.44. The Kier molecular flexibility index (Phi) is 4.19. The van der Waals surface area contributed by atoms with Crippen LogP contribution in [-0.4, -0.2) is 40.3 Å². The van der Waals surface area contributed by atoms with E-state index in [9.17, 15) is 0 Å². The molecule has 1 fully saturated rings. The lowest BCUT2D eigenvalue weighted by atomic mass is 9.93. The predicted octanol–water partition coefficient (Wildman–Crippen LogP) is 1.90. The first-order valence-electron chi connectivity index (χ1n) is 6.01. The molecule has 1 aliphatic heterocycles. The highest BCUT2D eigenvalue weighted by molar-refractivity contribution is 6.28. The van der Waals surface area contributed by atoms with E-state index in [1.165, 1.54) is 0 Å². The van der Waals surface area contributed by atoms with E-state index in [1.54, 1.807) is 0 Å². The topological polar surface area (TPSA) is 69.2 Å². The average molecular weight is 273 g/mol. The van der Waals surface area contributed by atoms with Crippen molar-refractivity contribution in [3.05, 3.63) is 5.28 Å². The Morgan fingerprint density at radius 2 is 2.06 bits per heavy atom. The van der Waals surface area contributed by atoms with Crippen LogP contribution in [0.4, 0.5) is 5.95 Å². The van der Waals surface area contributed by atoms with Gasteiger partial charge < -0.3 is 14.8 Å². The van der Waals surface area contributed by atoms with E-state index in [-0.39, 0.29) is 16.8 Å². The fraction of sp³-hybridized carbons (Fsp3) is 0.727. The SMILES string of the molecule is CCOc1nc(Cl)nc(NC2(C)CCOCC2)n1. The lowest BCUT2D eigenvalue weighted by Gasteiger charge is -2.34. The Morgan fingerprint density at radius 3 is 2.72 bits per heavy atom. The van der Waals surface area contributed by atoms with Gasteiger partial charge in [-0.05, 0) is 38.3 Å². The Balaban J connectivity index is 2.12. The van der Waals surface area contributed by atoms with E-state index >= 15 is 0 Å². The predicted molar refractivity (Wildman–Crippen MR) is 68.1 cm³/mol. The zero-order valence-electron chi connectivity index (χ0n) is 10.6. The lowest BCUT2D eigenvalue weighted by molar-refractivity contribution is 0.0655. The van der Waals surface area contributed by atoms with Crippen LogP contribution in [0.1, 0.15) is 26.7 Å². The summed E-state index contributed by atoms with van der Waals surface area (Å²) in [4.78, 5) is 12.1. The molecule has 0 spiro atoms. The van der Waals surface area contributed by atoms with Crippen molar-refractivity contribution < 1.29 is 9.47 Å². The van der Waals surface area contributed by atoms with Gasteiger partial charge in [0.2, 0.25) is 11.2 Å². The summed E-state index contributed by atoms with van der Waals surface area (Å²) in [5.74, 6) is 0.447.